The van der Waals surface area contributed by atoms with Crippen molar-refractivity contribution in [1.82, 2.24) is 14.5 Å². The Kier molecular flexibility index (Phi) is 3.38. The Hall–Kier alpha value is -2.60. The number of H-pyrrole nitrogens is 1. The molecule has 2 heterocycles. The SMILES string of the molecule is O=C(Cn1ccc2cc(Br)ccc21)Nc1nc2ccccc2[nH]1. The zero-order valence-corrected chi connectivity index (χ0v) is 13.7. The van der Waals surface area contributed by atoms with Gasteiger partial charge in [0, 0.05) is 21.6 Å². The second-order valence-corrected chi connectivity index (χ2v) is 6.21. The summed E-state index contributed by atoms with van der Waals surface area (Å²) >= 11 is 3.45. The second-order valence-electron chi connectivity index (χ2n) is 5.30. The van der Waals surface area contributed by atoms with Crippen LogP contribution in [0.1, 0.15) is 0 Å². The number of nitrogens with one attached hydrogen (secondary N) is 2. The summed E-state index contributed by atoms with van der Waals surface area (Å²) in [7, 11) is 0. The first kappa shape index (κ1) is 14.0. The third-order valence-corrected chi connectivity index (χ3v) is 4.19. The molecule has 6 heteroatoms. The number of aromatic amines is 1. The lowest BCUT2D eigenvalue weighted by Gasteiger charge is -2.05. The number of nitrogens with zero attached hydrogens (tertiary/aromatic N) is 2. The van der Waals surface area contributed by atoms with E-state index in [2.05, 4.69) is 31.2 Å². The number of carbonyl (C=O) groups is 1. The van der Waals surface area contributed by atoms with Gasteiger partial charge < -0.3 is 9.55 Å². The number of aromatic nitrogens is 3. The second kappa shape index (κ2) is 5.55. The third-order valence-electron chi connectivity index (χ3n) is 3.69. The van der Waals surface area contributed by atoms with Crippen molar-refractivity contribution in [3.8, 4) is 0 Å². The highest BCUT2D eigenvalue weighted by atomic mass is 79.9. The minimum absolute atomic E-state index is 0.121. The fraction of sp³-hybridized carbons (Fsp3) is 0.0588. The van der Waals surface area contributed by atoms with Gasteiger partial charge in [-0.05, 0) is 36.4 Å². The van der Waals surface area contributed by atoms with Gasteiger partial charge in [-0.3, -0.25) is 10.1 Å². The number of benzene rings is 2. The van der Waals surface area contributed by atoms with Crippen LogP contribution in [-0.2, 0) is 11.3 Å². The van der Waals surface area contributed by atoms with Crippen LogP contribution in [0.4, 0.5) is 5.95 Å². The van der Waals surface area contributed by atoms with Crippen molar-refractivity contribution in [1.29, 1.82) is 0 Å². The minimum atomic E-state index is -0.121. The maximum atomic E-state index is 12.3. The summed E-state index contributed by atoms with van der Waals surface area (Å²) in [6.07, 6.45) is 1.91. The van der Waals surface area contributed by atoms with E-state index < -0.39 is 0 Å². The molecule has 0 fully saturated rings. The molecule has 0 saturated carbocycles. The van der Waals surface area contributed by atoms with Crippen molar-refractivity contribution in [2.45, 2.75) is 6.54 Å². The molecule has 0 spiro atoms. The van der Waals surface area contributed by atoms with Crippen LogP contribution in [0.3, 0.4) is 0 Å². The Labute approximate surface area is 140 Å². The largest absolute Gasteiger partial charge is 0.338 e. The minimum Gasteiger partial charge on any atom is -0.338 e. The molecule has 0 bridgehead atoms. The quantitative estimate of drug-likeness (QED) is 0.575. The molecule has 4 rings (SSSR count). The first-order chi connectivity index (χ1) is 11.2. The Morgan fingerprint density at radius 2 is 2.09 bits per heavy atom. The van der Waals surface area contributed by atoms with Crippen molar-refractivity contribution < 1.29 is 4.79 Å². The molecule has 23 heavy (non-hydrogen) atoms. The fourth-order valence-electron chi connectivity index (χ4n) is 2.65. The van der Waals surface area contributed by atoms with E-state index in [1.54, 1.807) is 0 Å². The molecule has 0 aliphatic carbocycles. The lowest BCUT2D eigenvalue weighted by Crippen LogP contribution is -2.18. The van der Waals surface area contributed by atoms with Crippen molar-refractivity contribution >= 4 is 49.7 Å². The van der Waals surface area contributed by atoms with Crippen molar-refractivity contribution in [3.63, 3.8) is 0 Å². The number of amides is 1. The summed E-state index contributed by atoms with van der Waals surface area (Å²) in [6.45, 7) is 0.238. The van der Waals surface area contributed by atoms with Crippen LogP contribution >= 0.6 is 15.9 Å². The van der Waals surface area contributed by atoms with Crippen molar-refractivity contribution in [2.24, 2.45) is 0 Å². The van der Waals surface area contributed by atoms with Gasteiger partial charge in [0.05, 0.1) is 11.0 Å². The molecule has 1 amide bonds. The zero-order chi connectivity index (χ0) is 15.8. The third kappa shape index (κ3) is 2.73. The first-order valence-electron chi connectivity index (χ1n) is 7.18. The molecule has 2 aromatic heterocycles. The smallest absolute Gasteiger partial charge is 0.246 e. The van der Waals surface area contributed by atoms with Crippen LogP contribution in [0.5, 0.6) is 0 Å². The van der Waals surface area contributed by atoms with Gasteiger partial charge in [-0.1, -0.05) is 28.1 Å². The summed E-state index contributed by atoms with van der Waals surface area (Å²) in [4.78, 5) is 19.7. The highest BCUT2D eigenvalue weighted by Crippen LogP contribution is 2.21. The van der Waals surface area contributed by atoms with Gasteiger partial charge in [0.1, 0.15) is 6.54 Å². The molecule has 2 aromatic carbocycles. The highest BCUT2D eigenvalue weighted by molar-refractivity contribution is 9.10. The van der Waals surface area contributed by atoms with Gasteiger partial charge in [0.2, 0.25) is 11.9 Å². The Balaban J connectivity index is 1.54. The standard InChI is InChI=1S/C17H13BrN4O/c18-12-5-6-15-11(9-12)7-8-22(15)10-16(23)21-17-19-13-3-1-2-4-14(13)20-17/h1-9H,10H2,(H2,19,20,21,23). The van der Waals surface area contributed by atoms with Gasteiger partial charge in [0.25, 0.3) is 0 Å². The number of hydrogen-bond donors (Lipinski definition) is 2. The summed E-state index contributed by atoms with van der Waals surface area (Å²) in [5.74, 6) is 0.347. The molecule has 0 radical (unpaired) electrons. The van der Waals surface area contributed by atoms with Gasteiger partial charge in [-0.25, -0.2) is 4.98 Å². The van der Waals surface area contributed by atoms with E-state index in [0.29, 0.717) is 5.95 Å². The number of rotatable bonds is 3. The lowest BCUT2D eigenvalue weighted by molar-refractivity contribution is -0.116. The number of fused-ring (bicyclic) bond motifs is 2. The van der Waals surface area contributed by atoms with E-state index in [9.17, 15) is 4.79 Å². The van der Waals surface area contributed by atoms with Gasteiger partial charge in [-0.15, -0.1) is 0 Å². The number of para-hydroxylation sites is 2. The Bertz CT molecular complexity index is 985. The van der Waals surface area contributed by atoms with Crippen LogP contribution in [0.15, 0.2) is 59.2 Å². The molecule has 4 aromatic rings. The maximum absolute atomic E-state index is 12.3. The van der Waals surface area contributed by atoms with Crippen LogP contribution in [-0.4, -0.2) is 20.4 Å². The van der Waals surface area contributed by atoms with Crippen LogP contribution in [0, 0.1) is 0 Å². The number of anilines is 1. The average Bonchev–Trinajstić information content (AvgIpc) is 3.10. The molecular formula is C17H13BrN4O. The molecule has 5 nitrogen and oxygen atoms in total. The van der Waals surface area contributed by atoms with Gasteiger partial charge in [-0.2, -0.15) is 0 Å². The molecule has 0 unspecified atom stereocenters. The number of hydrogen-bond acceptors (Lipinski definition) is 2. The molecule has 0 aliphatic rings. The Morgan fingerprint density at radius 3 is 2.96 bits per heavy atom. The van der Waals surface area contributed by atoms with Gasteiger partial charge in [0.15, 0.2) is 0 Å². The predicted octanol–water partition coefficient (Wildman–Crippen LogP) is 3.92. The summed E-state index contributed by atoms with van der Waals surface area (Å²) < 4.78 is 2.94. The van der Waals surface area contributed by atoms with Crippen LogP contribution in [0.2, 0.25) is 0 Å². The van der Waals surface area contributed by atoms with Crippen molar-refractivity contribution in [3.05, 3.63) is 59.2 Å². The molecule has 114 valence electrons. The van der Waals surface area contributed by atoms with Gasteiger partial charge >= 0.3 is 0 Å². The molecule has 0 atom stereocenters. The Morgan fingerprint density at radius 1 is 1.22 bits per heavy atom. The highest BCUT2D eigenvalue weighted by Gasteiger charge is 2.09. The number of carbonyl (C=O) groups excluding carboxylic acids is 1. The summed E-state index contributed by atoms with van der Waals surface area (Å²) in [6, 6.07) is 15.7. The first-order valence-corrected chi connectivity index (χ1v) is 7.97. The molecule has 0 saturated heterocycles. The topological polar surface area (TPSA) is 62.7 Å². The fourth-order valence-corrected chi connectivity index (χ4v) is 3.03. The van der Waals surface area contributed by atoms with E-state index in [4.69, 9.17) is 0 Å². The summed E-state index contributed by atoms with van der Waals surface area (Å²) in [5, 5.41) is 3.90. The van der Waals surface area contributed by atoms with E-state index in [0.717, 1.165) is 26.4 Å². The van der Waals surface area contributed by atoms with E-state index >= 15 is 0 Å². The number of imidazole rings is 1. The van der Waals surface area contributed by atoms with Crippen LogP contribution < -0.4 is 5.32 Å². The van der Waals surface area contributed by atoms with E-state index in [1.165, 1.54) is 0 Å². The monoisotopic (exact) mass is 368 g/mol. The average molecular weight is 369 g/mol. The normalized spacial score (nSPS) is 11.2. The maximum Gasteiger partial charge on any atom is 0.246 e. The molecular weight excluding hydrogens is 356 g/mol. The van der Waals surface area contributed by atoms with Crippen molar-refractivity contribution in [2.75, 3.05) is 5.32 Å². The van der Waals surface area contributed by atoms with E-state index in [-0.39, 0.29) is 12.5 Å². The lowest BCUT2D eigenvalue weighted by atomic mass is 10.2. The van der Waals surface area contributed by atoms with Crippen LogP contribution in [0.25, 0.3) is 21.9 Å². The van der Waals surface area contributed by atoms with E-state index in [1.807, 2.05) is 59.3 Å². The molecule has 2 N–H and O–H groups in total. The number of halogens is 1. The predicted molar refractivity (Wildman–Crippen MR) is 94.4 cm³/mol. The zero-order valence-electron chi connectivity index (χ0n) is 12.1. The summed E-state index contributed by atoms with van der Waals surface area (Å²) in [5.41, 5.74) is 2.76. The molecule has 0 aliphatic heterocycles.